The van der Waals surface area contributed by atoms with Crippen LogP contribution in [-0.2, 0) is 6.42 Å². The summed E-state index contributed by atoms with van der Waals surface area (Å²) in [6, 6.07) is 17.1. The quantitative estimate of drug-likeness (QED) is 0.231. The zero-order valence-corrected chi connectivity index (χ0v) is 23.2. The van der Waals surface area contributed by atoms with Crippen LogP contribution in [0.25, 0.3) is 0 Å². The number of allylic oxidation sites excluding steroid dienone is 4. The minimum atomic E-state index is 0.273. The number of benzene rings is 2. The highest BCUT2D eigenvalue weighted by Gasteiger charge is 2.23. The molecule has 0 N–H and O–H groups in total. The predicted molar refractivity (Wildman–Crippen MR) is 158 cm³/mol. The Bertz CT molecular complexity index is 1060. The van der Waals surface area contributed by atoms with Crippen molar-refractivity contribution in [3.05, 3.63) is 100 Å². The first kappa shape index (κ1) is 28.4. The molecule has 3 rings (SSSR count). The predicted octanol–water partition coefficient (Wildman–Crippen LogP) is 8.39. The average Bonchev–Trinajstić information content (AvgIpc) is 2.89. The van der Waals surface area contributed by atoms with Crippen molar-refractivity contribution in [1.29, 1.82) is 0 Å². The van der Waals surface area contributed by atoms with Gasteiger partial charge in [-0.25, -0.2) is 0 Å². The van der Waals surface area contributed by atoms with Gasteiger partial charge in [0.1, 0.15) is 0 Å². The van der Waals surface area contributed by atoms with E-state index in [2.05, 4.69) is 83.9 Å². The number of rotatable bonds is 14. The van der Waals surface area contributed by atoms with E-state index in [4.69, 9.17) is 23.2 Å². The number of halogens is 2. The van der Waals surface area contributed by atoms with Gasteiger partial charge < -0.3 is 4.90 Å². The lowest BCUT2D eigenvalue weighted by atomic mass is 9.91. The molecule has 1 aliphatic carbocycles. The lowest BCUT2D eigenvalue weighted by Gasteiger charge is -2.33. The van der Waals surface area contributed by atoms with E-state index in [1.807, 2.05) is 12.1 Å². The topological polar surface area (TPSA) is 18.8 Å². The summed E-state index contributed by atoms with van der Waals surface area (Å²) >= 11 is 12.5. The van der Waals surface area contributed by atoms with Gasteiger partial charge in [-0.2, -0.15) is 0 Å². The van der Waals surface area contributed by atoms with Crippen molar-refractivity contribution >= 4 is 35.1 Å². The molecule has 1 unspecified atom stereocenters. The largest absolute Gasteiger partial charge is 0.302 e. The fraction of sp³-hybridized carbons (Fsp3) is 0.387. The Morgan fingerprint density at radius 1 is 1.00 bits per heavy atom. The maximum Gasteiger partial charge on any atom is 0.0676 e. The van der Waals surface area contributed by atoms with Crippen LogP contribution in [-0.4, -0.2) is 49.2 Å². The van der Waals surface area contributed by atoms with Crippen molar-refractivity contribution < 1.29 is 0 Å². The molecule has 0 aliphatic heterocycles. The van der Waals surface area contributed by atoms with Crippen molar-refractivity contribution in [2.75, 3.05) is 33.2 Å². The van der Waals surface area contributed by atoms with Gasteiger partial charge in [0.05, 0.1) is 11.7 Å². The smallest absolute Gasteiger partial charge is 0.0676 e. The number of hydrogen-bond donors (Lipinski definition) is 0. The SMILES string of the molecule is C=CC=Nc1cc(Cl)ccc1CCCN(CCC)CCN(C)C(C1=CC=C(Cl)CC1)c1ccccc1. The van der Waals surface area contributed by atoms with Gasteiger partial charge in [-0.1, -0.05) is 85.3 Å². The Morgan fingerprint density at radius 3 is 2.50 bits per heavy atom. The van der Waals surface area contributed by atoms with Crippen LogP contribution in [0.3, 0.4) is 0 Å². The molecular weight excluding hydrogens is 485 g/mol. The zero-order chi connectivity index (χ0) is 25.8. The van der Waals surface area contributed by atoms with Crippen LogP contribution in [0, 0.1) is 0 Å². The molecule has 2 aromatic rings. The van der Waals surface area contributed by atoms with Gasteiger partial charge in [0.15, 0.2) is 0 Å². The number of nitrogens with zero attached hydrogens (tertiary/aromatic N) is 3. The molecule has 0 spiro atoms. The third-order valence-electron chi connectivity index (χ3n) is 6.63. The molecule has 36 heavy (non-hydrogen) atoms. The average molecular weight is 525 g/mol. The molecule has 0 aromatic heterocycles. The van der Waals surface area contributed by atoms with E-state index in [0.29, 0.717) is 5.02 Å². The summed E-state index contributed by atoms with van der Waals surface area (Å²) in [6.07, 6.45) is 12.9. The monoisotopic (exact) mass is 523 g/mol. The van der Waals surface area contributed by atoms with Gasteiger partial charge in [-0.05, 0) is 87.2 Å². The number of likely N-dealkylation sites (N-methyl/N-ethyl adjacent to an activating group) is 1. The molecular formula is C31H39Cl2N3. The normalized spacial score (nSPS) is 14.8. The van der Waals surface area contributed by atoms with Crippen LogP contribution < -0.4 is 0 Å². The van der Waals surface area contributed by atoms with Crippen LogP contribution in [0.1, 0.15) is 49.8 Å². The molecule has 3 nitrogen and oxygen atoms in total. The highest BCUT2D eigenvalue weighted by Crippen LogP contribution is 2.34. The van der Waals surface area contributed by atoms with Gasteiger partial charge in [-0.3, -0.25) is 9.89 Å². The fourth-order valence-electron chi connectivity index (χ4n) is 4.82. The molecule has 0 saturated heterocycles. The van der Waals surface area contributed by atoms with Gasteiger partial charge in [-0.15, -0.1) is 0 Å². The number of aliphatic imine (C=N–C) groups is 1. The highest BCUT2D eigenvalue weighted by atomic mass is 35.5. The summed E-state index contributed by atoms with van der Waals surface area (Å²) in [5.41, 5.74) is 4.94. The van der Waals surface area contributed by atoms with Crippen LogP contribution in [0.15, 0.2) is 88.9 Å². The van der Waals surface area contributed by atoms with E-state index in [1.54, 1.807) is 12.3 Å². The molecule has 0 saturated carbocycles. The van der Waals surface area contributed by atoms with Gasteiger partial charge in [0, 0.05) is 29.4 Å². The van der Waals surface area contributed by atoms with Crippen molar-refractivity contribution in [2.45, 2.75) is 45.1 Å². The van der Waals surface area contributed by atoms with Crippen molar-refractivity contribution in [1.82, 2.24) is 9.80 Å². The van der Waals surface area contributed by atoms with Crippen molar-refractivity contribution in [2.24, 2.45) is 4.99 Å². The minimum Gasteiger partial charge on any atom is -0.302 e. The first-order valence-corrected chi connectivity index (χ1v) is 13.7. The first-order valence-electron chi connectivity index (χ1n) is 13.0. The Hall–Kier alpha value is -2.17. The second-order valence-corrected chi connectivity index (χ2v) is 10.3. The molecule has 1 aliphatic rings. The summed E-state index contributed by atoms with van der Waals surface area (Å²) in [4.78, 5) is 9.60. The molecule has 192 valence electrons. The van der Waals surface area contributed by atoms with E-state index in [9.17, 15) is 0 Å². The maximum absolute atomic E-state index is 6.26. The van der Waals surface area contributed by atoms with Gasteiger partial charge in [0.25, 0.3) is 0 Å². The standard InChI is InChI=1S/C31H39Cl2N3/c1-4-19-34-30-24-29(33)18-13-25(30)12-9-21-36(20-5-2)23-22-35(3)31(26-10-7-6-8-11-26)27-14-16-28(32)17-15-27/h4,6-8,10-11,13-14,16,18-19,24,31H,1,5,9,12,15,17,20-23H2,2-3H3. The molecule has 0 heterocycles. The van der Waals surface area contributed by atoms with E-state index in [0.717, 1.165) is 69.0 Å². The van der Waals surface area contributed by atoms with E-state index in [-0.39, 0.29) is 6.04 Å². The summed E-state index contributed by atoms with van der Waals surface area (Å²) in [5.74, 6) is 0. The lowest BCUT2D eigenvalue weighted by molar-refractivity contribution is 0.199. The maximum atomic E-state index is 6.26. The van der Waals surface area contributed by atoms with E-state index < -0.39 is 0 Å². The minimum absolute atomic E-state index is 0.273. The Kier molecular flexibility index (Phi) is 12.0. The second-order valence-electron chi connectivity index (χ2n) is 9.38. The Morgan fingerprint density at radius 2 is 1.81 bits per heavy atom. The van der Waals surface area contributed by atoms with Crippen LogP contribution in [0.4, 0.5) is 5.69 Å². The summed E-state index contributed by atoms with van der Waals surface area (Å²) in [5, 5.41) is 1.66. The van der Waals surface area contributed by atoms with Gasteiger partial charge in [0.2, 0.25) is 0 Å². The second kappa shape index (κ2) is 15.2. The molecule has 1 atom stereocenters. The van der Waals surface area contributed by atoms with Crippen LogP contribution in [0.5, 0.6) is 0 Å². The summed E-state index contributed by atoms with van der Waals surface area (Å²) < 4.78 is 0. The molecule has 2 aromatic carbocycles. The third-order valence-corrected chi connectivity index (χ3v) is 7.18. The third kappa shape index (κ3) is 8.74. The molecule has 0 bridgehead atoms. The summed E-state index contributed by atoms with van der Waals surface area (Å²) in [6.45, 7) is 10.2. The Balaban J connectivity index is 1.62. The number of aryl methyl sites for hydroxylation is 1. The lowest BCUT2D eigenvalue weighted by Crippen LogP contribution is -2.37. The number of hydrogen-bond acceptors (Lipinski definition) is 3. The molecule has 5 heteroatoms. The van der Waals surface area contributed by atoms with Crippen LogP contribution in [0.2, 0.25) is 5.02 Å². The van der Waals surface area contributed by atoms with E-state index in [1.165, 1.54) is 16.7 Å². The first-order chi connectivity index (χ1) is 17.5. The molecule has 0 amide bonds. The molecule has 0 fully saturated rings. The van der Waals surface area contributed by atoms with Crippen LogP contribution >= 0.6 is 23.2 Å². The fourth-order valence-corrected chi connectivity index (χ4v) is 5.14. The van der Waals surface area contributed by atoms with Crippen molar-refractivity contribution in [3.8, 4) is 0 Å². The van der Waals surface area contributed by atoms with E-state index >= 15 is 0 Å². The Labute approximate surface area is 227 Å². The molecule has 0 radical (unpaired) electrons. The van der Waals surface area contributed by atoms with Crippen molar-refractivity contribution in [3.63, 3.8) is 0 Å². The zero-order valence-electron chi connectivity index (χ0n) is 21.7. The van der Waals surface area contributed by atoms with Gasteiger partial charge >= 0.3 is 0 Å². The summed E-state index contributed by atoms with van der Waals surface area (Å²) in [7, 11) is 2.25. The highest BCUT2D eigenvalue weighted by molar-refractivity contribution is 6.30.